The van der Waals surface area contributed by atoms with E-state index in [1.165, 1.54) is 42.5 Å². The van der Waals surface area contributed by atoms with E-state index in [0.29, 0.717) is 22.0 Å². The summed E-state index contributed by atoms with van der Waals surface area (Å²) in [5.41, 5.74) is 0.942. The van der Waals surface area contributed by atoms with Crippen LogP contribution in [0.5, 0.6) is 5.75 Å². The van der Waals surface area contributed by atoms with E-state index in [9.17, 15) is 17.6 Å². The molecule has 0 radical (unpaired) electrons. The Balaban J connectivity index is 1.49. The van der Waals surface area contributed by atoms with Gasteiger partial charge in [0.25, 0.3) is 10.0 Å². The Bertz CT molecular complexity index is 1200. The van der Waals surface area contributed by atoms with Crippen LogP contribution in [-0.4, -0.2) is 27.5 Å². The van der Waals surface area contributed by atoms with Crippen LogP contribution < -0.4 is 14.8 Å². The molecule has 2 N–H and O–H groups in total. The number of rotatable bonds is 9. The van der Waals surface area contributed by atoms with Crippen LogP contribution in [0.25, 0.3) is 6.08 Å². The van der Waals surface area contributed by atoms with Gasteiger partial charge in [0, 0.05) is 6.08 Å². The van der Waals surface area contributed by atoms with Gasteiger partial charge in [-0.1, -0.05) is 35.9 Å². The van der Waals surface area contributed by atoms with Crippen LogP contribution in [0, 0.1) is 5.82 Å². The van der Waals surface area contributed by atoms with Crippen LogP contribution in [0.15, 0.2) is 83.8 Å². The number of para-hydroxylation sites is 1. The van der Waals surface area contributed by atoms with E-state index >= 15 is 0 Å². The molecule has 0 spiro atoms. The van der Waals surface area contributed by atoms with Crippen LogP contribution >= 0.6 is 11.6 Å². The lowest BCUT2D eigenvalue weighted by Gasteiger charge is -2.09. The van der Waals surface area contributed by atoms with Gasteiger partial charge in [0.15, 0.2) is 0 Å². The largest absolute Gasteiger partial charge is 0.492 e. The first-order valence-corrected chi connectivity index (χ1v) is 11.4. The van der Waals surface area contributed by atoms with Crippen molar-refractivity contribution in [1.29, 1.82) is 0 Å². The van der Waals surface area contributed by atoms with Crippen LogP contribution in [0.2, 0.25) is 5.02 Å². The Hall–Kier alpha value is -3.36. The molecule has 9 heteroatoms. The van der Waals surface area contributed by atoms with E-state index in [1.54, 1.807) is 42.5 Å². The summed E-state index contributed by atoms with van der Waals surface area (Å²) in [4.78, 5) is 12.0. The summed E-state index contributed by atoms with van der Waals surface area (Å²) in [6.45, 7) is 0.502. The van der Waals surface area contributed by atoms with Crippen molar-refractivity contribution in [2.75, 3.05) is 17.9 Å². The lowest BCUT2D eigenvalue weighted by molar-refractivity contribution is -0.116. The number of amides is 1. The third-order valence-electron chi connectivity index (χ3n) is 4.22. The molecule has 1 amide bonds. The molecule has 0 saturated carbocycles. The minimum absolute atomic E-state index is 0.0666. The Morgan fingerprint density at radius 2 is 1.69 bits per heavy atom. The molecule has 0 aliphatic heterocycles. The molecule has 0 aliphatic rings. The predicted octanol–water partition coefficient (Wildman–Crippen LogP) is 4.49. The van der Waals surface area contributed by atoms with Gasteiger partial charge in [0.1, 0.15) is 18.2 Å². The van der Waals surface area contributed by atoms with Crippen molar-refractivity contribution in [2.24, 2.45) is 0 Å². The first-order chi connectivity index (χ1) is 15.3. The zero-order valence-corrected chi connectivity index (χ0v) is 18.4. The molecule has 0 unspecified atom stereocenters. The normalized spacial score (nSPS) is 11.3. The molecule has 0 atom stereocenters. The van der Waals surface area contributed by atoms with E-state index in [4.69, 9.17) is 16.3 Å². The highest BCUT2D eigenvalue weighted by Gasteiger charge is 2.15. The number of carbonyl (C=O) groups excluding carboxylic acids is 1. The molecule has 3 aromatic carbocycles. The molecule has 6 nitrogen and oxygen atoms in total. The molecule has 166 valence electrons. The molecule has 0 aliphatic carbocycles. The SMILES string of the molecule is O=C(/C=C\c1ccc(S(=O)(=O)Nc2ccccc2Cl)cc1)NCCOc1ccc(F)cc1. The molecule has 3 aromatic rings. The first kappa shape index (κ1) is 23.3. The van der Waals surface area contributed by atoms with Crippen molar-refractivity contribution in [1.82, 2.24) is 5.32 Å². The smallest absolute Gasteiger partial charge is 0.261 e. The summed E-state index contributed by atoms with van der Waals surface area (Å²) >= 11 is 6.00. The predicted molar refractivity (Wildman–Crippen MR) is 123 cm³/mol. The average Bonchev–Trinajstić information content (AvgIpc) is 2.78. The number of carbonyl (C=O) groups is 1. The van der Waals surface area contributed by atoms with Crippen molar-refractivity contribution < 1.29 is 22.3 Å². The van der Waals surface area contributed by atoms with Crippen LogP contribution in [0.4, 0.5) is 10.1 Å². The minimum Gasteiger partial charge on any atom is -0.492 e. The average molecular weight is 475 g/mol. The Morgan fingerprint density at radius 3 is 2.38 bits per heavy atom. The highest BCUT2D eigenvalue weighted by Crippen LogP contribution is 2.24. The third kappa shape index (κ3) is 6.83. The number of halogens is 2. The van der Waals surface area contributed by atoms with E-state index < -0.39 is 10.0 Å². The number of hydrogen-bond acceptors (Lipinski definition) is 4. The van der Waals surface area contributed by atoms with Gasteiger partial charge in [-0.2, -0.15) is 0 Å². The summed E-state index contributed by atoms with van der Waals surface area (Å²) in [5, 5.41) is 2.96. The van der Waals surface area contributed by atoms with Crippen molar-refractivity contribution in [3.63, 3.8) is 0 Å². The quantitative estimate of drug-likeness (QED) is 0.353. The van der Waals surface area contributed by atoms with Crippen molar-refractivity contribution in [3.8, 4) is 5.75 Å². The maximum absolute atomic E-state index is 12.8. The number of benzene rings is 3. The Morgan fingerprint density at radius 1 is 1.00 bits per heavy atom. The van der Waals surface area contributed by atoms with Gasteiger partial charge in [-0.05, 0) is 60.2 Å². The lowest BCUT2D eigenvalue weighted by atomic mass is 10.2. The summed E-state index contributed by atoms with van der Waals surface area (Å²) in [6.07, 6.45) is 2.90. The third-order valence-corrected chi connectivity index (χ3v) is 5.93. The number of anilines is 1. The van der Waals surface area contributed by atoms with E-state index in [1.807, 2.05) is 0 Å². The summed E-state index contributed by atoms with van der Waals surface area (Å²) in [5.74, 6) is -0.168. The van der Waals surface area contributed by atoms with E-state index in [0.717, 1.165) is 0 Å². The minimum atomic E-state index is -3.80. The first-order valence-electron chi connectivity index (χ1n) is 9.55. The monoisotopic (exact) mass is 474 g/mol. The fourth-order valence-corrected chi connectivity index (χ4v) is 3.93. The Kier molecular flexibility index (Phi) is 7.86. The summed E-state index contributed by atoms with van der Waals surface area (Å²) < 4.78 is 45.7. The maximum atomic E-state index is 12.8. The second-order valence-corrected chi connectivity index (χ2v) is 8.67. The highest BCUT2D eigenvalue weighted by molar-refractivity contribution is 7.92. The molecule has 32 heavy (non-hydrogen) atoms. The highest BCUT2D eigenvalue weighted by atomic mass is 35.5. The number of hydrogen-bond donors (Lipinski definition) is 2. The van der Waals surface area contributed by atoms with Gasteiger partial charge in [-0.3, -0.25) is 9.52 Å². The van der Waals surface area contributed by atoms with Crippen molar-refractivity contribution in [3.05, 3.63) is 95.3 Å². The fraction of sp³-hybridized carbons (Fsp3) is 0.0870. The topological polar surface area (TPSA) is 84.5 Å². The zero-order valence-electron chi connectivity index (χ0n) is 16.8. The van der Waals surface area contributed by atoms with Crippen molar-refractivity contribution in [2.45, 2.75) is 4.90 Å². The van der Waals surface area contributed by atoms with Gasteiger partial charge >= 0.3 is 0 Å². The molecule has 0 aromatic heterocycles. The molecule has 0 fully saturated rings. The number of nitrogens with one attached hydrogen (secondary N) is 2. The van der Waals surface area contributed by atoms with E-state index in [2.05, 4.69) is 10.0 Å². The maximum Gasteiger partial charge on any atom is 0.261 e. The molecular weight excluding hydrogens is 455 g/mol. The molecule has 0 bridgehead atoms. The zero-order chi connectivity index (χ0) is 23.0. The lowest BCUT2D eigenvalue weighted by Crippen LogP contribution is -2.26. The van der Waals surface area contributed by atoms with Gasteiger partial charge in [0.05, 0.1) is 22.2 Å². The molecule has 0 heterocycles. The second-order valence-electron chi connectivity index (χ2n) is 6.58. The standard InChI is InChI=1S/C23H20ClFN2O4S/c24-21-3-1-2-4-22(21)27-32(29,30)20-12-5-17(6-13-20)7-14-23(28)26-15-16-31-19-10-8-18(25)9-11-19/h1-14,27H,15-16H2,(H,26,28)/b14-7-. The van der Waals surface area contributed by atoms with Crippen LogP contribution in [0.3, 0.4) is 0 Å². The van der Waals surface area contributed by atoms with Gasteiger partial charge in [-0.25, -0.2) is 12.8 Å². The Labute approximate surface area is 190 Å². The van der Waals surface area contributed by atoms with Gasteiger partial charge in [0.2, 0.25) is 5.91 Å². The van der Waals surface area contributed by atoms with Gasteiger partial charge < -0.3 is 10.1 Å². The molecule has 3 rings (SSSR count). The second kappa shape index (κ2) is 10.8. The van der Waals surface area contributed by atoms with E-state index in [-0.39, 0.29) is 29.8 Å². The van der Waals surface area contributed by atoms with Crippen LogP contribution in [0.1, 0.15) is 5.56 Å². The molecular formula is C23H20ClFN2O4S. The van der Waals surface area contributed by atoms with Crippen LogP contribution in [-0.2, 0) is 14.8 Å². The fourth-order valence-electron chi connectivity index (χ4n) is 2.61. The summed E-state index contributed by atoms with van der Waals surface area (Å²) in [6, 6.07) is 18.2. The summed E-state index contributed by atoms with van der Waals surface area (Å²) in [7, 11) is -3.80. The number of sulfonamides is 1. The van der Waals surface area contributed by atoms with Gasteiger partial charge in [-0.15, -0.1) is 0 Å². The number of ether oxygens (including phenoxy) is 1. The van der Waals surface area contributed by atoms with Crippen molar-refractivity contribution >= 4 is 39.3 Å². The molecule has 0 saturated heterocycles.